The number of halogens is 3. The topological polar surface area (TPSA) is 80.5 Å². The van der Waals surface area contributed by atoms with Crippen LogP contribution < -0.4 is 10.1 Å². The zero-order valence-corrected chi connectivity index (χ0v) is 17.8. The molecule has 1 amide bonds. The first-order valence-electron chi connectivity index (χ1n) is 9.90. The lowest BCUT2D eigenvalue weighted by molar-refractivity contribution is -0.137. The van der Waals surface area contributed by atoms with Gasteiger partial charge in [-0.3, -0.25) is 9.69 Å². The van der Waals surface area contributed by atoms with Crippen molar-refractivity contribution >= 4 is 11.6 Å². The van der Waals surface area contributed by atoms with Crippen LogP contribution in [-0.2, 0) is 11.0 Å². The molecule has 3 aromatic rings. The number of nitrogens with zero attached hydrogens (tertiary/aromatic N) is 3. The molecule has 1 atom stereocenters. The van der Waals surface area contributed by atoms with Crippen molar-refractivity contribution in [2.45, 2.75) is 26.1 Å². The molecule has 1 unspecified atom stereocenters. The van der Waals surface area contributed by atoms with E-state index >= 15 is 0 Å². The maximum Gasteiger partial charge on any atom is 0.416 e. The Bertz CT molecular complexity index is 1070. The number of ether oxygens (including phenoxy) is 1. The number of hydrogen-bond acceptors (Lipinski definition) is 6. The number of carbonyl (C=O) groups is 1. The van der Waals surface area contributed by atoms with Gasteiger partial charge >= 0.3 is 6.18 Å². The molecule has 0 saturated carbocycles. The van der Waals surface area contributed by atoms with E-state index in [9.17, 15) is 18.0 Å². The number of likely N-dealkylation sites (N-methyl/N-ethyl adjacent to an activating group) is 1. The molecule has 0 saturated heterocycles. The van der Waals surface area contributed by atoms with Crippen LogP contribution in [0.25, 0.3) is 11.4 Å². The molecule has 0 spiro atoms. The molecule has 1 N–H and O–H groups in total. The summed E-state index contributed by atoms with van der Waals surface area (Å²) in [5.41, 5.74) is 0.00215. The summed E-state index contributed by atoms with van der Waals surface area (Å²) in [6, 6.07) is 11.3. The molecular weight excluding hydrogens is 425 g/mol. The fourth-order valence-electron chi connectivity index (χ4n) is 3.12. The molecule has 3 rings (SSSR count). The summed E-state index contributed by atoms with van der Waals surface area (Å²) in [4.78, 5) is 18.6. The van der Waals surface area contributed by atoms with E-state index in [1.807, 2.05) is 6.92 Å². The summed E-state index contributed by atoms with van der Waals surface area (Å²) in [5, 5.41) is 6.62. The summed E-state index contributed by atoms with van der Waals surface area (Å²) < 4.78 is 49.4. The van der Waals surface area contributed by atoms with Gasteiger partial charge in [-0.15, -0.1) is 0 Å². The summed E-state index contributed by atoms with van der Waals surface area (Å²) in [6.07, 6.45) is -4.47. The first kappa shape index (κ1) is 23.3. The predicted octanol–water partition coefficient (Wildman–Crippen LogP) is 4.79. The van der Waals surface area contributed by atoms with E-state index in [4.69, 9.17) is 9.26 Å². The smallest absolute Gasteiger partial charge is 0.416 e. The summed E-state index contributed by atoms with van der Waals surface area (Å²) >= 11 is 0. The Morgan fingerprint density at radius 2 is 1.97 bits per heavy atom. The van der Waals surface area contributed by atoms with Crippen LogP contribution in [0.4, 0.5) is 18.9 Å². The third-order valence-corrected chi connectivity index (χ3v) is 4.90. The van der Waals surface area contributed by atoms with Crippen LogP contribution in [0.2, 0.25) is 0 Å². The monoisotopic (exact) mass is 448 g/mol. The Hall–Kier alpha value is -3.40. The number of methoxy groups -OCH3 is 1. The lowest BCUT2D eigenvalue weighted by Gasteiger charge is -2.24. The Morgan fingerprint density at radius 3 is 2.66 bits per heavy atom. The van der Waals surface area contributed by atoms with E-state index in [2.05, 4.69) is 15.5 Å². The highest BCUT2D eigenvalue weighted by molar-refractivity contribution is 5.92. The number of nitrogens with one attached hydrogen (secondary N) is 1. The standard InChI is InChI=1S/C22H23F3N4O3/c1-4-29(13-19(30)26-17-9-6-10-18(12-17)31-3)14(2)21-27-20(28-32-21)15-7-5-8-16(11-15)22(23,24)25/h5-12,14H,4,13H2,1-3H3,(H,26,30). The molecule has 0 radical (unpaired) electrons. The maximum atomic E-state index is 13.0. The van der Waals surface area contributed by atoms with E-state index in [-0.39, 0.29) is 29.7 Å². The molecule has 0 aliphatic heterocycles. The molecular formula is C22H23F3N4O3. The minimum atomic E-state index is -4.47. The number of amides is 1. The van der Waals surface area contributed by atoms with Gasteiger partial charge in [0, 0.05) is 17.3 Å². The van der Waals surface area contributed by atoms with Crippen LogP contribution in [0.1, 0.15) is 31.3 Å². The van der Waals surface area contributed by atoms with Crippen molar-refractivity contribution in [3.05, 3.63) is 60.0 Å². The van der Waals surface area contributed by atoms with Gasteiger partial charge in [0.2, 0.25) is 17.6 Å². The molecule has 2 aromatic carbocycles. The van der Waals surface area contributed by atoms with Gasteiger partial charge in [0.25, 0.3) is 0 Å². The zero-order chi connectivity index (χ0) is 23.3. The number of alkyl halides is 3. The highest BCUT2D eigenvalue weighted by Gasteiger charge is 2.31. The highest BCUT2D eigenvalue weighted by atomic mass is 19.4. The van der Waals surface area contributed by atoms with Gasteiger partial charge in [-0.1, -0.05) is 30.3 Å². The van der Waals surface area contributed by atoms with Crippen LogP contribution in [0, 0.1) is 0 Å². The van der Waals surface area contributed by atoms with Crippen molar-refractivity contribution in [3.8, 4) is 17.1 Å². The van der Waals surface area contributed by atoms with Gasteiger partial charge in [0.1, 0.15) is 5.75 Å². The predicted molar refractivity (Wildman–Crippen MR) is 112 cm³/mol. The van der Waals surface area contributed by atoms with Crippen molar-refractivity contribution in [2.75, 3.05) is 25.5 Å². The Balaban J connectivity index is 1.70. The van der Waals surface area contributed by atoms with Crippen LogP contribution in [0.5, 0.6) is 5.75 Å². The molecule has 0 bridgehead atoms. The Labute approximate surface area is 183 Å². The molecule has 170 valence electrons. The largest absolute Gasteiger partial charge is 0.497 e. The van der Waals surface area contributed by atoms with E-state index < -0.39 is 17.8 Å². The normalized spacial score (nSPS) is 12.6. The summed E-state index contributed by atoms with van der Waals surface area (Å²) in [7, 11) is 1.54. The number of benzene rings is 2. The van der Waals surface area contributed by atoms with Crippen LogP contribution in [-0.4, -0.2) is 41.1 Å². The molecule has 1 aromatic heterocycles. The van der Waals surface area contributed by atoms with Gasteiger partial charge in [-0.25, -0.2) is 0 Å². The first-order valence-corrected chi connectivity index (χ1v) is 9.90. The average Bonchev–Trinajstić information content (AvgIpc) is 3.27. The Morgan fingerprint density at radius 1 is 1.22 bits per heavy atom. The molecule has 32 heavy (non-hydrogen) atoms. The minimum absolute atomic E-state index is 0.0508. The van der Waals surface area contributed by atoms with E-state index in [1.54, 1.807) is 43.2 Å². The SMILES string of the molecule is CCN(CC(=O)Nc1cccc(OC)c1)C(C)c1nc(-c2cccc(C(F)(F)F)c2)no1. The Kier molecular flexibility index (Phi) is 7.14. The lowest BCUT2D eigenvalue weighted by atomic mass is 10.1. The fraction of sp³-hybridized carbons (Fsp3) is 0.318. The van der Waals surface area contributed by atoms with E-state index in [0.717, 1.165) is 12.1 Å². The second-order valence-electron chi connectivity index (χ2n) is 7.05. The molecule has 10 heteroatoms. The van der Waals surface area contributed by atoms with Crippen molar-refractivity contribution in [2.24, 2.45) is 0 Å². The molecule has 7 nitrogen and oxygen atoms in total. The third kappa shape index (κ3) is 5.64. The van der Waals surface area contributed by atoms with Gasteiger partial charge in [-0.2, -0.15) is 18.2 Å². The van der Waals surface area contributed by atoms with E-state index in [0.29, 0.717) is 18.0 Å². The maximum absolute atomic E-state index is 13.0. The quantitative estimate of drug-likeness (QED) is 0.534. The van der Waals surface area contributed by atoms with Crippen LogP contribution in [0.3, 0.4) is 0 Å². The average molecular weight is 448 g/mol. The van der Waals surface area contributed by atoms with Crippen LogP contribution >= 0.6 is 0 Å². The number of hydrogen-bond donors (Lipinski definition) is 1. The van der Waals surface area contributed by atoms with Crippen molar-refractivity contribution < 1.29 is 27.2 Å². The molecule has 1 heterocycles. The zero-order valence-electron chi connectivity index (χ0n) is 17.8. The number of aromatic nitrogens is 2. The number of anilines is 1. The third-order valence-electron chi connectivity index (χ3n) is 4.90. The van der Waals surface area contributed by atoms with Gasteiger partial charge in [-0.05, 0) is 37.7 Å². The lowest BCUT2D eigenvalue weighted by Crippen LogP contribution is -2.35. The van der Waals surface area contributed by atoms with Crippen molar-refractivity contribution in [1.29, 1.82) is 0 Å². The minimum Gasteiger partial charge on any atom is -0.497 e. The first-order chi connectivity index (χ1) is 15.2. The molecule has 0 fully saturated rings. The van der Waals surface area contributed by atoms with Gasteiger partial charge in [0.05, 0.1) is 25.3 Å². The van der Waals surface area contributed by atoms with E-state index in [1.165, 1.54) is 12.1 Å². The summed E-state index contributed by atoms with van der Waals surface area (Å²) in [5.74, 6) is 0.629. The number of rotatable bonds is 8. The van der Waals surface area contributed by atoms with Crippen LogP contribution in [0.15, 0.2) is 53.1 Å². The van der Waals surface area contributed by atoms with Gasteiger partial charge in [0.15, 0.2) is 0 Å². The van der Waals surface area contributed by atoms with Crippen molar-refractivity contribution in [1.82, 2.24) is 15.0 Å². The second kappa shape index (κ2) is 9.82. The molecule has 0 aliphatic rings. The van der Waals surface area contributed by atoms with Crippen molar-refractivity contribution in [3.63, 3.8) is 0 Å². The van der Waals surface area contributed by atoms with Gasteiger partial charge < -0.3 is 14.6 Å². The summed E-state index contributed by atoms with van der Waals surface area (Å²) in [6.45, 7) is 4.22. The second-order valence-corrected chi connectivity index (χ2v) is 7.05. The molecule has 0 aliphatic carbocycles. The highest BCUT2D eigenvalue weighted by Crippen LogP contribution is 2.32. The number of carbonyl (C=O) groups excluding carboxylic acids is 1. The fourth-order valence-corrected chi connectivity index (χ4v) is 3.12.